The molecule has 0 saturated heterocycles. The molecule has 0 unspecified atom stereocenters. The molecule has 0 saturated carbocycles. The summed E-state index contributed by atoms with van der Waals surface area (Å²) in [6, 6.07) is 5.21. The van der Waals surface area contributed by atoms with Crippen LogP contribution in [-0.4, -0.2) is 24.8 Å². The van der Waals surface area contributed by atoms with E-state index in [1.165, 1.54) is 6.08 Å². The van der Waals surface area contributed by atoms with Crippen LogP contribution in [0.1, 0.15) is 0 Å². The first-order valence-corrected chi connectivity index (χ1v) is 5.61. The van der Waals surface area contributed by atoms with E-state index in [-0.39, 0.29) is 5.84 Å². The summed E-state index contributed by atoms with van der Waals surface area (Å²) in [6.45, 7) is 0. The lowest BCUT2D eigenvalue weighted by Crippen LogP contribution is -2.21. The Morgan fingerprint density at radius 2 is 2.06 bits per heavy atom. The van der Waals surface area contributed by atoms with Crippen LogP contribution in [0.3, 0.4) is 0 Å². The summed E-state index contributed by atoms with van der Waals surface area (Å²) < 4.78 is 0. The van der Waals surface area contributed by atoms with E-state index in [2.05, 4.69) is 5.32 Å². The van der Waals surface area contributed by atoms with Crippen molar-refractivity contribution in [3.05, 3.63) is 40.1 Å². The lowest BCUT2D eigenvalue weighted by Gasteiger charge is -2.13. The van der Waals surface area contributed by atoms with Gasteiger partial charge >= 0.3 is 0 Å². The van der Waals surface area contributed by atoms with Gasteiger partial charge in [-0.1, -0.05) is 29.3 Å². The third kappa shape index (κ3) is 3.84. The molecule has 0 spiro atoms. The fourth-order valence-electron chi connectivity index (χ4n) is 1.07. The largest absolute Gasteiger partial charge is 0.385 e. The predicted molar refractivity (Wildman–Crippen MR) is 73.8 cm³/mol. The summed E-state index contributed by atoms with van der Waals surface area (Å²) in [6.07, 6.45) is 1.50. The molecule has 0 atom stereocenters. The first-order chi connectivity index (χ1) is 7.91. The van der Waals surface area contributed by atoms with E-state index in [1.54, 1.807) is 37.2 Å². The topological polar surface area (TPSA) is 65.1 Å². The molecule has 0 aliphatic heterocycles. The lowest BCUT2D eigenvalue weighted by atomic mass is 10.3. The molecule has 4 N–H and O–H groups in total. The van der Waals surface area contributed by atoms with Gasteiger partial charge in [0.1, 0.15) is 11.7 Å². The smallest absolute Gasteiger partial charge is 0.123 e. The Labute approximate surface area is 111 Å². The van der Waals surface area contributed by atoms with Crippen molar-refractivity contribution in [2.24, 2.45) is 5.73 Å². The minimum Gasteiger partial charge on any atom is -0.385 e. The fourth-order valence-corrected chi connectivity index (χ4v) is 1.42. The number of halogens is 2. The Morgan fingerprint density at radius 3 is 2.65 bits per heavy atom. The molecule has 0 amide bonds. The van der Waals surface area contributed by atoms with Gasteiger partial charge in [-0.2, -0.15) is 0 Å². The number of likely N-dealkylation sites (N-methyl/N-ethyl adjacent to an activating group) is 1. The van der Waals surface area contributed by atoms with Gasteiger partial charge < -0.3 is 16.0 Å². The quantitative estimate of drug-likeness (QED) is 0.586. The maximum Gasteiger partial charge on any atom is 0.123 e. The Morgan fingerprint density at radius 1 is 1.41 bits per heavy atom. The van der Waals surface area contributed by atoms with Crippen molar-refractivity contribution < 1.29 is 0 Å². The predicted octanol–water partition coefficient (Wildman–Crippen LogP) is 2.74. The second kappa shape index (κ2) is 5.80. The van der Waals surface area contributed by atoms with E-state index >= 15 is 0 Å². The second-order valence-corrected chi connectivity index (χ2v) is 4.39. The van der Waals surface area contributed by atoms with Gasteiger partial charge in [-0.15, -0.1) is 0 Å². The van der Waals surface area contributed by atoms with Gasteiger partial charge in [-0.25, -0.2) is 0 Å². The van der Waals surface area contributed by atoms with Crippen LogP contribution in [0.2, 0.25) is 10.0 Å². The number of nitrogens with two attached hydrogens (primary N) is 1. The summed E-state index contributed by atoms with van der Waals surface area (Å²) in [4.78, 5) is 1.63. The maximum atomic E-state index is 7.61. The molecule has 0 heterocycles. The highest BCUT2D eigenvalue weighted by molar-refractivity contribution is 6.43. The van der Waals surface area contributed by atoms with E-state index in [9.17, 15) is 0 Å². The average Bonchev–Trinajstić information content (AvgIpc) is 2.24. The zero-order chi connectivity index (χ0) is 13.0. The molecule has 17 heavy (non-hydrogen) atoms. The molecule has 0 fully saturated rings. The van der Waals surface area contributed by atoms with Gasteiger partial charge in [0.25, 0.3) is 0 Å². The van der Waals surface area contributed by atoms with Crippen molar-refractivity contribution in [3.8, 4) is 0 Å². The van der Waals surface area contributed by atoms with Crippen LogP contribution in [0.4, 0.5) is 5.69 Å². The van der Waals surface area contributed by atoms with Crippen LogP contribution in [0.25, 0.3) is 0 Å². The number of hydrogen-bond donors (Lipinski definition) is 3. The van der Waals surface area contributed by atoms with Crippen molar-refractivity contribution in [1.29, 1.82) is 5.41 Å². The summed E-state index contributed by atoms with van der Waals surface area (Å²) >= 11 is 11.9. The molecule has 1 rings (SSSR count). The number of nitrogens with zero attached hydrogens (tertiary/aromatic N) is 1. The Bertz CT molecular complexity index is 455. The first-order valence-electron chi connectivity index (χ1n) is 4.86. The van der Waals surface area contributed by atoms with Crippen LogP contribution >= 0.6 is 23.2 Å². The molecular formula is C11H14Cl2N4. The van der Waals surface area contributed by atoms with Gasteiger partial charge in [-0.05, 0) is 12.1 Å². The van der Waals surface area contributed by atoms with Crippen LogP contribution in [0.15, 0.2) is 30.1 Å². The Hall–Kier alpha value is -1.39. The minimum absolute atomic E-state index is 0.285. The highest BCUT2D eigenvalue weighted by Gasteiger charge is 2.05. The fraction of sp³-hybridized carbons (Fsp3) is 0.182. The van der Waals surface area contributed by atoms with Crippen molar-refractivity contribution in [3.63, 3.8) is 0 Å². The Balaban J connectivity index is 2.85. The first kappa shape index (κ1) is 13.7. The van der Waals surface area contributed by atoms with E-state index in [1.807, 2.05) is 0 Å². The molecule has 0 radical (unpaired) electrons. The van der Waals surface area contributed by atoms with Crippen LogP contribution in [-0.2, 0) is 0 Å². The van der Waals surface area contributed by atoms with Crippen molar-refractivity contribution in [2.75, 3.05) is 19.4 Å². The van der Waals surface area contributed by atoms with Crippen LogP contribution < -0.4 is 11.1 Å². The second-order valence-electron chi connectivity index (χ2n) is 3.61. The number of rotatable bonds is 3. The lowest BCUT2D eigenvalue weighted by molar-refractivity contribution is 0.621. The number of nitrogens with one attached hydrogen (secondary N) is 2. The van der Waals surface area contributed by atoms with Gasteiger partial charge in [0, 0.05) is 20.2 Å². The molecular weight excluding hydrogens is 259 g/mol. The third-order valence-electron chi connectivity index (χ3n) is 2.00. The zero-order valence-corrected chi connectivity index (χ0v) is 11.1. The molecule has 0 aromatic heterocycles. The average molecular weight is 273 g/mol. The molecule has 1 aromatic carbocycles. The SMILES string of the molecule is CN(C)C(=N)/C=C(\N)Nc1cccc(Cl)c1Cl. The molecule has 6 heteroatoms. The van der Waals surface area contributed by atoms with Gasteiger partial charge in [0.05, 0.1) is 15.7 Å². The number of anilines is 1. The molecule has 1 aromatic rings. The molecule has 4 nitrogen and oxygen atoms in total. The van der Waals surface area contributed by atoms with E-state index in [0.29, 0.717) is 21.6 Å². The highest BCUT2D eigenvalue weighted by atomic mass is 35.5. The summed E-state index contributed by atoms with van der Waals surface area (Å²) in [7, 11) is 3.52. The normalized spacial score (nSPS) is 11.2. The molecule has 0 aliphatic rings. The maximum absolute atomic E-state index is 7.61. The van der Waals surface area contributed by atoms with E-state index in [4.69, 9.17) is 34.3 Å². The van der Waals surface area contributed by atoms with E-state index in [0.717, 1.165) is 0 Å². The third-order valence-corrected chi connectivity index (χ3v) is 2.82. The minimum atomic E-state index is 0.285. The molecule has 92 valence electrons. The van der Waals surface area contributed by atoms with Crippen LogP contribution in [0.5, 0.6) is 0 Å². The zero-order valence-electron chi connectivity index (χ0n) is 9.59. The molecule has 0 aliphatic carbocycles. The number of benzene rings is 1. The van der Waals surface area contributed by atoms with E-state index < -0.39 is 0 Å². The summed E-state index contributed by atoms with van der Waals surface area (Å²) in [5.41, 5.74) is 6.35. The standard InChI is InChI=1S/C11H14Cl2N4/c1-17(2)10(15)6-9(14)16-8-5-3-4-7(12)11(8)13/h3-6,15-16H,14H2,1-2H3/b9-6+,15-10?. The summed E-state index contributed by atoms with van der Waals surface area (Å²) in [5.74, 6) is 0.612. The van der Waals surface area contributed by atoms with Crippen LogP contribution in [0, 0.1) is 5.41 Å². The Kier molecular flexibility index (Phi) is 4.66. The highest BCUT2D eigenvalue weighted by Crippen LogP contribution is 2.29. The number of hydrogen-bond acceptors (Lipinski definition) is 3. The molecule has 0 bridgehead atoms. The number of amidine groups is 1. The van der Waals surface area contributed by atoms with Crippen molar-refractivity contribution in [2.45, 2.75) is 0 Å². The monoisotopic (exact) mass is 272 g/mol. The van der Waals surface area contributed by atoms with Crippen molar-refractivity contribution >= 4 is 34.7 Å². The summed E-state index contributed by atoms with van der Waals surface area (Å²) in [5, 5.41) is 11.4. The van der Waals surface area contributed by atoms with Crippen molar-refractivity contribution in [1.82, 2.24) is 4.90 Å². The van der Waals surface area contributed by atoms with Gasteiger partial charge in [0.2, 0.25) is 0 Å². The van der Waals surface area contributed by atoms with Gasteiger partial charge in [-0.3, -0.25) is 5.41 Å². The van der Waals surface area contributed by atoms with Gasteiger partial charge in [0.15, 0.2) is 0 Å².